The standard InChI is InChI=1S/C10H9Cl2N5/c11-7-5-13-10(12)15-9(7)17(6-1-2-6)8-3-4-14-16-8/h3-6H,1-2H2,(H,14,16). The molecule has 0 aromatic carbocycles. The molecule has 0 spiro atoms. The minimum atomic E-state index is 0.189. The number of nitrogens with zero attached hydrogens (tertiary/aromatic N) is 4. The molecule has 17 heavy (non-hydrogen) atoms. The van der Waals surface area contributed by atoms with E-state index in [2.05, 4.69) is 20.2 Å². The number of rotatable bonds is 3. The summed E-state index contributed by atoms with van der Waals surface area (Å²) in [5.41, 5.74) is 0. The van der Waals surface area contributed by atoms with Crippen molar-refractivity contribution in [2.24, 2.45) is 0 Å². The van der Waals surface area contributed by atoms with Gasteiger partial charge in [-0.3, -0.25) is 5.10 Å². The van der Waals surface area contributed by atoms with E-state index < -0.39 is 0 Å². The second-order valence-corrected chi connectivity index (χ2v) is 4.60. The van der Waals surface area contributed by atoms with Crippen LogP contribution in [0.15, 0.2) is 18.5 Å². The highest BCUT2D eigenvalue weighted by molar-refractivity contribution is 6.33. The molecule has 0 radical (unpaired) electrons. The molecule has 1 N–H and O–H groups in total. The number of anilines is 2. The molecule has 1 saturated carbocycles. The van der Waals surface area contributed by atoms with Crippen LogP contribution in [0.4, 0.5) is 11.6 Å². The van der Waals surface area contributed by atoms with Gasteiger partial charge in [0.2, 0.25) is 5.28 Å². The number of hydrogen-bond donors (Lipinski definition) is 1. The third-order valence-electron chi connectivity index (χ3n) is 2.58. The molecule has 5 nitrogen and oxygen atoms in total. The third kappa shape index (κ3) is 2.08. The molecule has 3 rings (SSSR count). The summed E-state index contributed by atoms with van der Waals surface area (Å²) in [5, 5.41) is 7.53. The summed E-state index contributed by atoms with van der Waals surface area (Å²) in [6.45, 7) is 0. The van der Waals surface area contributed by atoms with Crippen molar-refractivity contribution in [2.45, 2.75) is 18.9 Å². The van der Waals surface area contributed by atoms with Gasteiger partial charge in [-0.2, -0.15) is 10.1 Å². The number of hydrogen-bond acceptors (Lipinski definition) is 4. The Morgan fingerprint density at radius 2 is 2.18 bits per heavy atom. The normalized spacial score (nSPS) is 14.9. The van der Waals surface area contributed by atoms with Crippen molar-refractivity contribution in [3.8, 4) is 0 Å². The number of nitrogens with one attached hydrogen (secondary N) is 1. The van der Waals surface area contributed by atoms with Gasteiger partial charge < -0.3 is 4.90 Å². The van der Waals surface area contributed by atoms with E-state index in [1.807, 2.05) is 11.0 Å². The first kappa shape index (κ1) is 10.8. The quantitative estimate of drug-likeness (QED) is 0.871. The first-order chi connectivity index (χ1) is 8.25. The van der Waals surface area contributed by atoms with E-state index in [0.29, 0.717) is 16.9 Å². The highest BCUT2D eigenvalue weighted by Gasteiger charge is 2.33. The monoisotopic (exact) mass is 269 g/mol. The molecule has 2 aromatic heterocycles. The summed E-state index contributed by atoms with van der Waals surface area (Å²) in [6.07, 6.45) is 5.42. The van der Waals surface area contributed by atoms with Crippen LogP contribution >= 0.6 is 23.2 Å². The van der Waals surface area contributed by atoms with Crippen molar-refractivity contribution in [1.29, 1.82) is 0 Å². The zero-order valence-electron chi connectivity index (χ0n) is 8.77. The summed E-state index contributed by atoms with van der Waals surface area (Å²) in [4.78, 5) is 10.1. The van der Waals surface area contributed by atoms with Crippen LogP contribution in [0.3, 0.4) is 0 Å². The first-order valence-corrected chi connectivity index (χ1v) is 5.98. The van der Waals surface area contributed by atoms with Gasteiger partial charge in [0.1, 0.15) is 10.8 Å². The Kier molecular flexibility index (Phi) is 2.64. The van der Waals surface area contributed by atoms with Crippen LogP contribution in [0.5, 0.6) is 0 Å². The fraction of sp³-hybridized carbons (Fsp3) is 0.300. The Morgan fingerprint density at radius 1 is 1.35 bits per heavy atom. The maximum atomic E-state index is 6.12. The fourth-order valence-electron chi connectivity index (χ4n) is 1.71. The molecule has 0 unspecified atom stereocenters. The van der Waals surface area contributed by atoms with E-state index in [1.54, 1.807) is 6.20 Å². The van der Waals surface area contributed by atoms with Crippen molar-refractivity contribution in [2.75, 3.05) is 4.90 Å². The van der Waals surface area contributed by atoms with Crippen LogP contribution in [-0.2, 0) is 0 Å². The SMILES string of the molecule is Clc1ncc(Cl)c(N(c2ccn[nH]2)C2CC2)n1. The molecule has 2 aromatic rings. The molecule has 1 aliphatic rings. The van der Waals surface area contributed by atoms with Gasteiger partial charge in [-0.05, 0) is 24.4 Å². The second-order valence-electron chi connectivity index (χ2n) is 3.85. The number of halogens is 2. The van der Waals surface area contributed by atoms with Crippen molar-refractivity contribution < 1.29 is 0 Å². The van der Waals surface area contributed by atoms with Crippen LogP contribution in [0.25, 0.3) is 0 Å². The third-order valence-corrected chi connectivity index (χ3v) is 3.03. The zero-order valence-corrected chi connectivity index (χ0v) is 10.3. The lowest BCUT2D eigenvalue weighted by molar-refractivity contribution is 0.899. The van der Waals surface area contributed by atoms with E-state index in [0.717, 1.165) is 18.7 Å². The van der Waals surface area contributed by atoms with E-state index in [4.69, 9.17) is 23.2 Å². The molecular weight excluding hydrogens is 261 g/mol. The average Bonchev–Trinajstić information content (AvgIpc) is 2.99. The summed E-state index contributed by atoms with van der Waals surface area (Å²) >= 11 is 11.9. The molecule has 2 heterocycles. The van der Waals surface area contributed by atoms with Gasteiger partial charge in [0.25, 0.3) is 0 Å². The van der Waals surface area contributed by atoms with Crippen molar-refractivity contribution in [3.63, 3.8) is 0 Å². The summed E-state index contributed by atoms with van der Waals surface area (Å²) < 4.78 is 0. The molecular formula is C10H9Cl2N5. The highest BCUT2D eigenvalue weighted by atomic mass is 35.5. The van der Waals surface area contributed by atoms with E-state index in [-0.39, 0.29) is 5.28 Å². The molecule has 0 amide bonds. The van der Waals surface area contributed by atoms with E-state index in [9.17, 15) is 0 Å². The van der Waals surface area contributed by atoms with Crippen LogP contribution < -0.4 is 4.90 Å². The molecule has 0 aliphatic heterocycles. The fourth-order valence-corrected chi connectivity index (χ4v) is 2.02. The molecule has 88 valence electrons. The van der Waals surface area contributed by atoms with Crippen LogP contribution in [-0.4, -0.2) is 26.2 Å². The van der Waals surface area contributed by atoms with Crippen LogP contribution in [0.2, 0.25) is 10.3 Å². The predicted octanol–water partition coefficient (Wildman–Crippen LogP) is 2.81. The number of H-pyrrole nitrogens is 1. The lowest BCUT2D eigenvalue weighted by atomic mass is 10.4. The largest absolute Gasteiger partial charge is 0.307 e. The Morgan fingerprint density at radius 3 is 2.82 bits per heavy atom. The summed E-state index contributed by atoms with van der Waals surface area (Å²) in [7, 11) is 0. The van der Waals surface area contributed by atoms with Crippen molar-refractivity contribution in [3.05, 3.63) is 28.8 Å². The van der Waals surface area contributed by atoms with Gasteiger partial charge in [0.05, 0.1) is 12.4 Å². The lowest BCUT2D eigenvalue weighted by Gasteiger charge is -2.22. The van der Waals surface area contributed by atoms with Gasteiger partial charge in [-0.25, -0.2) is 4.98 Å². The minimum absolute atomic E-state index is 0.189. The number of aromatic nitrogens is 4. The molecule has 1 aliphatic carbocycles. The topological polar surface area (TPSA) is 57.7 Å². The van der Waals surface area contributed by atoms with Crippen LogP contribution in [0, 0.1) is 0 Å². The maximum Gasteiger partial charge on any atom is 0.224 e. The Hall–Kier alpha value is -1.33. The van der Waals surface area contributed by atoms with Gasteiger partial charge in [0.15, 0.2) is 5.82 Å². The average molecular weight is 270 g/mol. The highest BCUT2D eigenvalue weighted by Crippen LogP contribution is 2.39. The van der Waals surface area contributed by atoms with E-state index in [1.165, 1.54) is 6.20 Å². The maximum absolute atomic E-state index is 6.12. The Balaban J connectivity index is 2.06. The Labute approximate surface area is 108 Å². The van der Waals surface area contributed by atoms with Crippen LogP contribution in [0.1, 0.15) is 12.8 Å². The summed E-state index contributed by atoms with van der Waals surface area (Å²) in [6, 6.07) is 2.28. The smallest absolute Gasteiger partial charge is 0.224 e. The molecule has 1 fully saturated rings. The van der Waals surface area contributed by atoms with Crippen molar-refractivity contribution >= 4 is 34.8 Å². The summed E-state index contributed by atoms with van der Waals surface area (Å²) in [5.74, 6) is 1.49. The van der Waals surface area contributed by atoms with Gasteiger partial charge in [0, 0.05) is 12.1 Å². The minimum Gasteiger partial charge on any atom is -0.307 e. The Bertz CT molecular complexity index is 523. The first-order valence-electron chi connectivity index (χ1n) is 5.22. The van der Waals surface area contributed by atoms with Crippen molar-refractivity contribution in [1.82, 2.24) is 20.2 Å². The lowest BCUT2D eigenvalue weighted by Crippen LogP contribution is -2.21. The predicted molar refractivity (Wildman–Crippen MR) is 65.8 cm³/mol. The zero-order chi connectivity index (χ0) is 11.8. The van der Waals surface area contributed by atoms with Gasteiger partial charge in [-0.1, -0.05) is 11.6 Å². The van der Waals surface area contributed by atoms with Gasteiger partial charge in [-0.15, -0.1) is 0 Å². The number of aromatic amines is 1. The molecule has 0 saturated heterocycles. The second kappa shape index (κ2) is 4.16. The van der Waals surface area contributed by atoms with Gasteiger partial charge >= 0.3 is 0 Å². The molecule has 0 atom stereocenters. The molecule has 7 heteroatoms. The van der Waals surface area contributed by atoms with E-state index >= 15 is 0 Å². The molecule has 0 bridgehead atoms.